The molecule has 19 heavy (non-hydrogen) atoms. The van der Waals surface area contributed by atoms with E-state index in [9.17, 15) is 4.79 Å². The van der Waals surface area contributed by atoms with Crippen LogP contribution in [0, 0.1) is 5.92 Å². The average molecular weight is 259 g/mol. The second-order valence-corrected chi connectivity index (χ2v) is 4.98. The predicted molar refractivity (Wildman–Crippen MR) is 77.9 cm³/mol. The summed E-state index contributed by atoms with van der Waals surface area (Å²) in [6, 6.07) is 8.26. The molecule has 0 aliphatic heterocycles. The lowest BCUT2D eigenvalue weighted by Gasteiger charge is -2.08. The van der Waals surface area contributed by atoms with Gasteiger partial charge in [0.05, 0.1) is 0 Å². The van der Waals surface area contributed by atoms with Gasteiger partial charge >= 0.3 is 0 Å². The molecule has 1 aromatic carbocycles. The first-order chi connectivity index (χ1) is 9.18. The highest BCUT2D eigenvalue weighted by Gasteiger charge is 2.05. The van der Waals surface area contributed by atoms with E-state index in [-0.39, 0.29) is 11.8 Å². The first kappa shape index (κ1) is 13.6. The minimum atomic E-state index is 0.0496. The van der Waals surface area contributed by atoms with Crippen molar-refractivity contribution in [1.82, 2.24) is 15.6 Å². The molecule has 102 valence electrons. The van der Waals surface area contributed by atoms with Crippen molar-refractivity contribution in [2.45, 2.75) is 20.4 Å². The molecule has 0 bridgehead atoms. The van der Waals surface area contributed by atoms with Gasteiger partial charge in [0.1, 0.15) is 0 Å². The molecule has 0 saturated carbocycles. The van der Waals surface area contributed by atoms with Crippen LogP contribution in [0.4, 0.5) is 0 Å². The first-order valence-corrected chi connectivity index (χ1v) is 6.72. The summed E-state index contributed by atoms with van der Waals surface area (Å²) < 4.78 is 0. The van der Waals surface area contributed by atoms with Crippen molar-refractivity contribution in [3.8, 4) is 0 Å². The molecule has 0 atom stereocenters. The molecule has 1 aromatic heterocycles. The van der Waals surface area contributed by atoms with E-state index in [0.29, 0.717) is 6.54 Å². The van der Waals surface area contributed by atoms with Crippen molar-refractivity contribution in [3.05, 3.63) is 36.0 Å². The number of hydrogen-bond donors (Lipinski definition) is 3. The highest BCUT2D eigenvalue weighted by atomic mass is 16.1. The molecular weight excluding hydrogens is 238 g/mol. The fourth-order valence-electron chi connectivity index (χ4n) is 1.98. The molecule has 0 aliphatic rings. The number of rotatable bonds is 6. The number of aromatic nitrogens is 1. The van der Waals surface area contributed by atoms with Gasteiger partial charge in [-0.2, -0.15) is 0 Å². The summed E-state index contributed by atoms with van der Waals surface area (Å²) in [5.74, 6) is 0.155. The molecule has 0 saturated heterocycles. The minimum absolute atomic E-state index is 0.0496. The number of aromatic amines is 1. The number of amides is 1. The topological polar surface area (TPSA) is 56.9 Å². The van der Waals surface area contributed by atoms with E-state index in [1.807, 2.05) is 32.2 Å². The molecule has 1 amide bonds. The number of benzene rings is 1. The normalized spacial score (nSPS) is 11.1. The summed E-state index contributed by atoms with van der Waals surface area (Å²) in [5, 5.41) is 7.48. The van der Waals surface area contributed by atoms with Crippen molar-refractivity contribution in [1.29, 1.82) is 0 Å². The number of carbonyl (C=O) groups excluding carboxylic acids is 1. The molecule has 0 spiro atoms. The minimum Gasteiger partial charge on any atom is -0.361 e. The maximum absolute atomic E-state index is 11.4. The number of fused-ring (bicyclic) bond motifs is 1. The molecule has 4 nitrogen and oxygen atoms in total. The van der Waals surface area contributed by atoms with E-state index < -0.39 is 0 Å². The Morgan fingerprint density at radius 2 is 2.05 bits per heavy atom. The van der Waals surface area contributed by atoms with E-state index in [0.717, 1.165) is 18.6 Å². The van der Waals surface area contributed by atoms with E-state index in [2.05, 4.69) is 27.8 Å². The number of H-pyrrole nitrogens is 1. The van der Waals surface area contributed by atoms with Crippen LogP contribution in [-0.2, 0) is 11.3 Å². The van der Waals surface area contributed by atoms with Crippen LogP contribution in [0.25, 0.3) is 10.9 Å². The standard InChI is InChI=1S/C15H21N3O/c1-11(2)15(19)17-8-7-16-9-12-10-18-14-6-4-3-5-13(12)14/h3-6,10-11,16,18H,7-9H2,1-2H3,(H,17,19). The number of para-hydroxylation sites is 1. The average Bonchev–Trinajstić information content (AvgIpc) is 2.81. The lowest BCUT2D eigenvalue weighted by molar-refractivity contribution is -0.123. The Morgan fingerprint density at radius 3 is 2.84 bits per heavy atom. The second-order valence-electron chi connectivity index (χ2n) is 4.98. The Morgan fingerprint density at radius 1 is 1.26 bits per heavy atom. The molecule has 0 unspecified atom stereocenters. The van der Waals surface area contributed by atoms with E-state index in [1.165, 1.54) is 10.9 Å². The van der Waals surface area contributed by atoms with Crippen LogP contribution in [0.1, 0.15) is 19.4 Å². The predicted octanol–water partition coefficient (Wildman–Crippen LogP) is 2.03. The van der Waals surface area contributed by atoms with Crippen LogP contribution >= 0.6 is 0 Å². The fraction of sp³-hybridized carbons (Fsp3) is 0.400. The molecule has 1 heterocycles. The lowest BCUT2D eigenvalue weighted by atomic mass is 10.2. The first-order valence-electron chi connectivity index (χ1n) is 6.72. The van der Waals surface area contributed by atoms with Crippen LogP contribution < -0.4 is 10.6 Å². The van der Waals surface area contributed by atoms with Gasteiger partial charge in [0.15, 0.2) is 0 Å². The quantitative estimate of drug-likeness (QED) is 0.695. The summed E-state index contributed by atoms with van der Waals surface area (Å²) in [6.45, 7) is 6.04. The van der Waals surface area contributed by atoms with Gasteiger partial charge in [0.2, 0.25) is 5.91 Å². The van der Waals surface area contributed by atoms with E-state index >= 15 is 0 Å². The van der Waals surface area contributed by atoms with Crippen LogP contribution in [0.3, 0.4) is 0 Å². The van der Waals surface area contributed by atoms with Gasteiger partial charge in [-0.25, -0.2) is 0 Å². The maximum Gasteiger partial charge on any atom is 0.222 e. The Balaban J connectivity index is 1.76. The number of carbonyl (C=O) groups is 1. The van der Waals surface area contributed by atoms with Crippen LogP contribution in [-0.4, -0.2) is 24.0 Å². The summed E-state index contributed by atoms with van der Waals surface area (Å²) in [5.41, 5.74) is 2.41. The molecule has 0 aliphatic carbocycles. The zero-order valence-corrected chi connectivity index (χ0v) is 11.5. The van der Waals surface area contributed by atoms with Gasteiger partial charge < -0.3 is 15.6 Å². The Hall–Kier alpha value is -1.81. The van der Waals surface area contributed by atoms with Gasteiger partial charge in [0, 0.05) is 42.7 Å². The molecule has 4 heteroatoms. The highest BCUT2D eigenvalue weighted by molar-refractivity contribution is 5.83. The van der Waals surface area contributed by atoms with E-state index in [1.54, 1.807) is 0 Å². The van der Waals surface area contributed by atoms with Crippen molar-refractivity contribution >= 4 is 16.8 Å². The number of hydrogen-bond acceptors (Lipinski definition) is 2. The van der Waals surface area contributed by atoms with Gasteiger partial charge in [-0.15, -0.1) is 0 Å². The molecule has 0 radical (unpaired) electrons. The van der Waals surface area contributed by atoms with Gasteiger partial charge in [-0.05, 0) is 11.6 Å². The van der Waals surface area contributed by atoms with Crippen molar-refractivity contribution < 1.29 is 4.79 Å². The molecule has 0 fully saturated rings. The second kappa shape index (κ2) is 6.38. The fourth-order valence-corrected chi connectivity index (χ4v) is 1.98. The Bertz CT molecular complexity index is 545. The molecule has 2 rings (SSSR count). The van der Waals surface area contributed by atoms with Crippen molar-refractivity contribution in [3.63, 3.8) is 0 Å². The van der Waals surface area contributed by atoms with Crippen LogP contribution in [0.2, 0.25) is 0 Å². The molecular formula is C15H21N3O. The maximum atomic E-state index is 11.4. The lowest BCUT2D eigenvalue weighted by Crippen LogP contribution is -2.34. The zero-order chi connectivity index (χ0) is 13.7. The summed E-state index contributed by atoms with van der Waals surface area (Å²) >= 11 is 0. The summed E-state index contributed by atoms with van der Waals surface area (Å²) in [7, 11) is 0. The Labute approximate surface area is 113 Å². The molecule has 3 N–H and O–H groups in total. The third-order valence-corrected chi connectivity index (χ3v) is 3.12. The third-order valence-electron chi connectivity index (χ3n) is 3.12. The summed E-state index contributed by atoms with van der Waals surface area (Å²) in [6.07, 6.45) is 2.03. The Kier molecular flexibility index (Phi) is 4.58. The zero-order valence-electron chi connectivity index (χ0n) is 11.5. The highest BCUT2D eigenvalue weighted by Crippen LogP contribution is 2.16. The smallest absolute Gasteiger partial charge is 0.222 e. The SMILES string of the molecule is CC(C)C(=O)NCCNCc1c[nH]c2ccccc12. The van der Waals surface area contributed by atoms with Crippen LogP contribution in [0.15, 0.2) is 30.5 Å². The van der Waals surface area contributed by atoms with Crippen molar-refractivity contribution in [2.24, 2.45) is 5.92 Å². The van der Waals surface area contributed by atoms with Gasteiger partial charge in [0.25, 0.3) is 0 Å². The van der Waals surface area contributed by atoms with Crippen LogP contribution in [0.5, 0.6) is 0 Å². The van der Waals surface area contributed by atoms with Crippen molar-refractivity contribution in [2.75, 3.05) is 13.1 Å². The summed E-state index contributed by atoms with van der Waals surface area (Å²) in [4.78, 5) is 14.6. The van der Waals surface area contributed by atoms with Gasteiger partial charge in [-0.1, -0.05) is 32.0 Å². The van der Waals surface area contributed by atoms with Gasteiger partial charge in [-0.3, -0.25) is 4.79 Å². The number of nitrogens with one attached hydrogen (secondary N) is 3. The van der Waals surface area contributed by atoms with E-state index in [4.69, 9.17) is 0 Å². The third kappa shape index (κ3) is 3.58. The largest absolute Gasteiger partial charge is 0.361 e. The monoisotopic (exact) mass is 259 g/mol. The molecule has 2 aromatic rings.